The first-order chi connectivity index (χ1) is 16.4. The summed E-state index contributed by atoms with van der Waals surface area (Å²) in [5.74, 6) is -0.0141. The van der Waals surface area contributed by atoms with Crippen LogP contribution in [0.15, 0.2) is 53.9 Å². The largest absolute Gasteiger partial charge is 0.356 e. The number of nitrogens with one attached hydrogen (secondary N) is 1. The van der Waals surface area contributed by atoms with E-state index in [9.17, 15) is 14.0 Å². The van der Waals surface area contributed by atoms with Crippen molar-refractivity contribution in [2.45, 2.75) is 39.0 Å². The molecule has 0 aliphatic carbocycles. The maximum Gasteiger partial charge on any atom is 0.273 e. The minimum Gasteiger partial charge on any atom is -0.356 e. The van der Waals surface area contributed by atoms with Gasteiger partial charge in [0.1, 0.15) is 16.5 Å². The second-order valence-electron chi connectivity index (χ2n) is 9.01. The molecule has 7 heteroatoms. The number of hydrogen-bond donors (Lipinski definition) is 1. The van der Waals surface area contributed by atoms with Crippen LogP contribution in [0.3, 0.4) is 0 Å². The first kappa shape index (κ1) is 24.1. The molecule has 0 radical (unpaired) electrons. The Labute approximate surface area is 204 Å². The Morgan fingerprint density at radius 3 is 2.50 bits per heavy atom. The third-order valence-electron chi connectivity index (χ3n) is 6.35. The molecular weight excluding hydrogens is 449 g/mol. The fraction of sp³-hybridized carbons (Fsp3) is 0.370. The number of carbonyl (C=O) groups is 2. The monoisotopic (exact) mass is 479 g/mol. The molecule has 3 aromatic rings. The van der Waals surface area contributed by atoms with Crippen LogP contribution in [0.4, 0.5) is 4.39 Å². The van der Waals surface area contributed by atoms with Crippen LogP contribution in [0.2, 0.25) is 0 Å². The summed E-state index contributed by atoms with van der Waals surface area (Å²) in [5, 5.41) is 5.57. The summed E-state index contributed by atoms with van der Waals surface area (Å²) in [5.41, 5.74) is 3.34. The van der Waals surface area contributed by atoms with Gasteiger partial charge in [-0.2, -0.15) is 0 Å². The molecular formula is C27H30FN3O2S. The van der Waals surface area contributed by atoms with Gasteiger partial charge in [0, 0.05) is 36.5 Å². The number of aromatic nitrogens is 1. The zero-order valence-electron chi connectivity index (χ0n) is 19.6. The standard InChI is InChI=1S/C27H30FN3O2S/c1-18(2)19-7-9-22(10-8-19)26-30-24(17-34-26)27(33)31-15-12-21(13-16-31)25(32)29-14-11-20-5-3-4-6-23(20)28/h3-10,17-18,21H,11-16H2,1-2H3,(H,29,32). The van der Waals surface area contributed by atoms with Gasteiger partial charge in [0.15, 0.2) is 0 Å². The van der Waals surface area contributed by atoms with Gasteiger partial charge in [-0.15, -0.1) is 11.3 Å². The molecule has 34 heavy (non-hydrogen) atoms. The first-order valence-electron chi connectivity index (χ1n) is 11.8. The van der Waals surface area contributed by atoms with Crippen molar-refractivity contribution in [2.24, 2.45) is 5.92 Å². The summed E-state index contributed by atoms with van der Waals surface area (Å²) in [6.45, 7) is 5.78. The van der Waals surface area contributed by atoms with Gasteiger partial charge >= 0.3 is 0 Å². The normalized spacial score (nSPS) is 14.4. The van der Waals surface area contributed by atoms with Gasteiger partial charge in [-0.1, -0.05) is 56.3 Å². The second kappa shape index (κ2) is 10.9. The molecule has 0 saturated carbocycles. The first-order valence-corrected chi connectivity index (χ1v) is 12.7. The van der Waals surface area contributed by atoms with Crippen LogP contribution in [0.1, 0.15) is 54.2 Å². The lowest BCUT2D eigenvalue weighted by Crippen LogP contribution is -2.43. The fourth-order valence-corrected chi connectivity index (χ4v) is 4.99. The smallest absolute Gasteiger partial charge is 0.273 e. The number of thiazole rings is 1. The molecule has 0 unspecified atom stereocenters. The topological polar surface area (TPSA) is 62.3 Å². The van der Waals surface area contributed by atoms with E-state index in [-0.39, 0.29) is 23.5 Å². The molecule has 1 fully saturated rings. The third kappa shape index (κ3) is 5.70. The van der Waals surface area contributed by atoms with Gasteiger partial charge in [-0.05, 0) is 42.4 Å². The number of carbonyl (C=O) groups excluding carboxylic acids is 2. The van der Waals surface area contributed by atoms with Crippen LogP contribution in [0, 0.1) is 11.7 Å². The Hall–Kier alpha value is -3.06. The third-order valence-corrected chi connectivity index (χ3v) is 7.24. The number of benzene rings is 2. The molecule has 1 N–H and O–H groups in total. The SMILES string of the molecule is CC(C)c1ccc(-c2nc(C(=O)N3CCC(C(=O)NCCc4ccccc4F)CC3)cs2)cc1. The Kier molecular flexibility index (Phi) is 7.73. The van der Waals surface area contributed by atoms with Gasteiger partial charge < -0.3 is 10.2 Å². The number of halogens is 1. The minimum atomic E-state index is -0.249. The number of piperidine rings is 1. The highest BCUT2D eigenvalue weighted by Gasteiger charge is 2.28. The summed E-state index contributed by atoms with van der Waals surface area (Å²) < 4.78 is 13.7. The lowest BCUT2D eigenvalue weighted by Gasteiger charge is -2.31. The van der Waals surface area contributed by atoms with Gasteiger partial charge in [-0.3, -0.25) is 9.59 Å². The van der Waals surface area contributed by atoms with Crippen molar-refractivity contribution < 1.29 is 14.0 Å². The highest BCUT2D eigenvalue weighted by Crippen LogP contribution is 2.27. The molecule has 1 aliphatic rings. The Balaban J connectivity index is 1.26. The predicted molar refractivity (Wildman–Crippen MR) is 133 cm³/mol. The van der Waals surface area contributed by atoms with Crippen molar-refractivity contribution in [3.05, 3.63) is 76.5 Å². The summed E-state index contributed by atoms with van der Waals surface area (Å²) in [6, 6.07) is 14.9. The molecule has 2 aromatic carbocycles. The number of hydrogen-bond acceptors (Lipinski definition) is 4. The minimum absolute atomic E-state index is 0.0239. The molecule has 0 bridgehead atoms. The Bertz CT molecular complexity index is 1130. The maximum atomic E-state index is 13.7. The summed E-state index contributed by atoms with van der Waals surface area (Å²) >= 11 is 1.47. The van der Waals surface area contributed by atoms with E-state index in [2.05, 4.69) is 48.4 Å². The summed E-state index contributed by atoms with van der Waals surface area (Å²) in [6.07, 6.45) is 1.69. The fourth-order valence-electron chi connectivity index (χ4n) is 4.19. The Morgan fingerprint density at radius 1 is 1.12 bits per heavy atom. The predicted octanol–water partition coefficient (Wildman–Crippen LogP) is 5.28. The molecule has 178 valence electrons. The van der Waals surface area contributed by atoms with Crippen LogP contribution in [0.25, 0.3) is 10.6 Å². The lowest BCUT2D eigenvalue weighted by atomic mass is 9.95. The van der Waals surface area contributed by atoms with Crippen molar-refractivity contribution in [1.29, 1.82) is 0 Å². The van der Waals surface area contributed by atoms with Gasteiger partial charge in [0.2, 0.25) is 5.91 Å². The molecule has 1 saturated heterocycles. The van der Waals surface area contributed by atoms with E-state index in [1.807, 2.05) is 5.38 Å². The number of nitrogens with zero attached hydrogens (tertiary/aromatic N) is 2. The zero-order chi connectivity index (χ0) is 24.1. The summed E-state index contributed by atoms with van der Waals surface area (Å²) in [4.78, 5) is 31.8. The van der Waals surface area contributed by atoms with Crippen molar-refractivity contribution >= 4 is 23.2 Å². The van der Waals surface area contributed by atoms with Crippen LogP contribution in [-0.4, -0.2) is 41.3 Å². The molecule has 0 spiro atoms. The molecule has 1 aromatic heterocycles. The van der Waals surface area contributed by atoms with Gasteiger partial charge in [0.25, 0.3) is 5.91 Å². The average molecular weight is 480 g/mol. The van der Waals surface area contributed by atoms with Crippen LogP contribution < -0.4 is 5.32 Å². The van der Waals surface area contributed by atoms with Gasteiger partial charge in [-0.25, -0.2) is 9.37 Å². The van der Waals surface area contributed by atoms with Crippen molar-refractivity contribution in [3.63, 3.8) is 0 Å². The average Bonchev–Trinajstić information content (AvgIpc) is 3.35. The zero-order valence-corrected chi connectivity index (χ0v) is 20.4. The van der Waals surface area contributed by atoms with Crippen LogP contribution >= 0.6 is 11.3 Å². The summed E-state index contributed by atoms with van der Waals surface area (Å²) in [7, 11) is 0. The van der Waals surface area contributed by atoms with Crippen molar-refractivity contribution in [1.82, 2.24) is 15.2 Å². The van der Waals surface area contributed by atoms with Crippen LogP contribution in [0.5, 0.6) is 0 Å². The number of amides is 2. The number of likely N-dealkylation sites (tertiary alicyclic amines) is 1. The molecule has 0 atom stereocenters. The van der Waals surface area contributed by atoms with E-state index >= 15 is 0 Å². The van der Waals surface area contributed by atoms with Crippen LogP contribution in [-0.2, 0) is 11.2 Å². The maximum absolute atomic E-state index is 13.7. The van der Waals surface area contributed by atoms with E-state index in [1.165, 1.54) is 23.0 Å². The number of rotatable bonds is 7. The van der Waals surface area contributed by atoms with Gasteiger partial charge in [0.05, 0.1) is 0 Å². The molecule has 2 heterocycles. The molecule has 4 rings (SSSR count). The van der Waals surface area contributed by atoms with E-state index in [0.29, 0.717) is 56.1 Å². The molecule has 5 nitrogen and oxygen atoms in total. The van der Waals surface area contributed by atoms with E-state index < -0.39 is 0 Å². The van der Waals surface area contributed by atoms with Crippen molar-refractivity contribution in [3.8, 4) is 10.6 Å². The van der Waals surface area contributed by atoms with E-state index in [0.717, 1.165) is 10.6 Å². The Morgan fingerprint density at radius 2 is 1.82 bits per heavy atom. The van der Waals surface area contributed by atoms with Crippen molar-refractivity contribution in [2.75, 3.05) is 19.6 Å². The van der Waals surface area contributed by atoms with E-state index in [4.69, 9.17) is 0 Å². The lowest BCUT2D eigenvalue weighted by molar-refractivity contribution is -0.126. The molecule has 2 amide bonds. The highest BCUT2D eigenvalue weighted by atomic mass is 32.1. The van der Waals surface area contributed by atoms with E-state index in [1.54, 1.807) is 23.1 Å². The molecule has 1 aliphatic heterocycles. The highest BCUT2D eigenvalue weighted by molar-refractivity contribution is 7.13. The quantitative estimate of drug-likeness (QED) is 0.501. The second-order valence-corrected chi connectivity index (χ2v) is 9.87.